The monoisotopic (exact) mass is 283 g/mol. The van der Waals surface area contributed by atoms with Gasteiger partial charge < -0.3 is 10.6 Å². The van der Waals surface area contributed by atoms with Crippen molar-refractivity contribution in [2.45, 2.75) is 26.8 Å². The first kappa shape index (κ1) is 15.0. The Balaban J connectivity index is 1.99. The molecule has 4 heteroatoms. The Bertz CT molecular complexity index is 610. The average molecular weight is 283 g/mol. The Morgan fingerprint density at radius 2 is 2.10 bits per heavy atom. The molecule has 1 heterocycles. The molecule has 0 unspecified atom stereocenters. The summed E-state index contributed by atoms with van der Waals surface area (Å²) >= 11 is 0. The molecule has 1 aromatic heterocycles. The van der Waals surface area contributed by atoms with Gasteiger partial charge in [0.1, 0.15) is 5.69 Å². The number of hydrogen-bond acceptors (Lipinski definition) is 3. The Morgan fingerprint density at radius 3 is 2.86 bits per heavy atom. The highest BCUT2D eigenvalue weighted by molar-refractivity contribution is 5.93. The van der Waals surface area contributed by atoms with Crippen molar-refractivity contribution >= 4 is 11.6 Å². The molecule has 1 aromatic carbocycles. The van der Waals surface area contributed by atoms with E-state index in [4.69, 9.17) is 0 Å². The minimum absolute atomic E-state index is 0.129. The fraction of sp³-hybridized carbons (Fsp3) is 0.294. The van der Waals surface area contributed by atoms with Crippen molar-refractivity contribution in [1.82, 2.24) is 10.3 Å². The molecule has 0 radical (unpaired) electrons. The molecule has 0 spiro atoms. The molecule has 0 aliphatic rings. The normalized spacial score (nSPS) is 10.2. The number of pyridine rings is 1. The molecule has 2 rings (SSSR count). The first-order chi connectivity index (χ1) is 10.2. The SMILES string of the molecule is CCCNC(=O)c1cc(NCc2cccc(C)c2)ccn1. The molecule has 0 atom stereocenters. The molecule has 2 aromatic rings. The highest BCUT2D eigenvalue weighted by atomic mass is 16.1. The van der Waals surface area contributed by atoms with Gasteiger partial charge in [0.05, 0.1) is 0 Å². The molecule has 0 saturated carbocycles. The fourth-order valence-electron chi connectivity index (χ4n) is 2.02. The number of carbonyl (C=O) groups excluding carboxylic acids is 1. The van der Waals surface area contributed by atoms with Crippen molar-refractivity contribution in [2.75, 3.05) is 11.9 Å². The minimum Gasteiger partial charge on any atom is -0.381 e. The van der Waals surface area contributed by atoms with Gasteiger partial charge >= 0.3 is 0 Å². The maximum atomic E-state index is 11.9. The standard InChI is InChI=1S/C17H21N3O/c1-3-8-19-17(21)16-11-15(7-9-18-16)20-12-14-6-4-5-13(2)10-14/h4-7,9-11H,3,8,12H2,1-2H3,(H,18,20)(H,19,21). The lowest BCUT2D eigenvalue weighted by Gasteiger charge is -2.09. The Hall–Kier alpha value is -2.36. The predicted molar refractivity (Wildman–Crippen MR) is 85.4 cm³/mol. The molecule has 0 aliphatic heterocycles. The second-order valence-corrected chi connectivity index (χ2v) is 5.03. The number of amides is 1. The van der Waals surface area contributed by atoms with Crippen LogP contribution < -0.4 is 10.6 Å². The van der Waals surface area contributed by atoms with Gasteiger partial charge in [0.25, 0.3) is 5.91 Å². The van der Waals surface area contributed by atoms with Crippen LogP contribution in [0.4, 0.5) is 5.69 Å². The van der Waals surface area contributed by atoms with Gasteiger partial charge in [-0.1, -0.05) is 36.8 Å². The van der Waals surface area contributed by atoms with E-state index in [1.54, 1.807) is 12.3 Å². The zero-order chi connectivity index (χ0) is 15.1. The predicted octanol–water partition coefficient (Wildman–Crippen LogP) is 3.14. The van der Waals surface area contributed by atoms with Gasteiger partial charge in [0, 0.05) is 25.0 Å². The van der Waals surface area contributed by atoms with Crippen LogP contribution >= 0.6 is 0 Å². The third-order valence-electron chi connectivity index (χ3n) is 3.11. The Labute approximate surface area is 125 Å². The molecule has 0 bridgehead atoms. The summed E-state index contributed by atoms with van der Waals surface area (Å²) in [6.45, 7) is 5.49. The number of benzene rings is 1. The number of anilines is 1. The lowest BCUT2D eigenvalue weighted by Crippen LogP contribution is -2.24. The number of hydrogen-bond donors (Lipinski definition) is 2. The van der Waals surface area contributed by atoms with Crippen LogP contribution in [-0.4, -0.2) is 17.4 Å². The van der Waals surface area contributed by atoms with Crippen LogP contribution in [0.5, 0.6) is 0 Å². The van der Waals surface area contributed by atoms with Crippen LogP contribution in [0.1, 0.15) is 35.0 Å². The van der Waals surface area contributed by atoms with Gasteiger partial charge in [-0.3, -0.25) is 9.78 Å². The molecular weight excluding hydrogens is 262 g/mol. The molecular formula is C17H21N3O. The van der Waals surface area contributed by atoms with Crippen molar-refractivity contribution in [3.63, 3.8) is 0 Å². The van der Waals surface area contributed by atoms with Gasteiger partial charge in [-0.2, -0.15) is 0 Å². The minimum atomic E-state index is -0.129. The van der Waals surface area contributed by atoms with Crippen LogP contribution in [0, 0.1) is 6.92 Å². The molecule has 110 valence electrons. The van der Waals surface area contributed by atoms with Crippen molar-refractivity contribution in [1.29, 1.82) is 0 Å². The summed E-state index contributed by atoms with van der Waals surface area (Å²) in [6.07, 6.45) is 2.57. The van der Waals surface area contributed by atoms with E-state index in [1.807, 2.05) is 19.1 Å². The van der Waals surface area contributed by atoms with E-state index in [9.17, 15) is 4.79 Å². The van der Waals surface area contributed by atoms with Gasteiger partial charge in [-0.15, -0.1) is 0 Å². The van der Waals surface area contributed by atoms with Gasteiger partial charge in [0.15, 0.2) is 0 Å². The quantitative estimate of drug-likeness (QED) is 0.856. The van der Waals surface area contributed by atoms with Crippen LogP contribution in [0.2, 0.25) is 0 Å². The number of nitrogens with zero attached hydrogens (tertiary/aromatic N) is 1. The molecule has 2 N–H and O–H groups in total. The topological polar surface area (TPSA) is 54.0 Å². The number of aromatic nitrogens is 1. The first-order valence-electron chi connectivity index (χ1n) is 7.22. The summed E-state index contributed by atoms with van der Waals surface area (Å²) in [6, 6.07) is 12.0. The number of carbonyl (C=O) groups is 1. The zero-order valence-electron chi connectivity index (χ0n) is 12.5. The van der Waals surface area contributed by atoms with Crippen LogP contribution in [-0.2, 0) is 6.54 Å². The van der Waals surface area contributed by atoms with Crippen molar-refractivity contribution in [3.05, 3.63) is 59.4 Å². The number of aryl methyl sites for hydroxylation is 1. The van der Waals surface area contributed by atoms with Crippen molar-refractivity contribution in [3.8, 4) is 0 Å². The summed E-state index contributed by atoms with van der Waals surface area (Å²) in [7, 11) is 0. The van der Waals surface area contributed by atoms with E-state index < -0.39 is 0 Å². The van der Waals surface area contributed by atoms with E-state index in [2.05, 4.69) is 40.7 Å². The summed E-state index contributed by atoms with van der Waals surface area (Å²) in [5.41, 5.74) is 3.79. The average Bonchev–Trinajstić information content (AvgIpc) is 2.51. The summed E-state index contributed by atoms with van der Waals surface area (Å²) in [5, 5.41) is 6.15. The Morgan fingerprint density at radius 1 is 1.24 bits per heavy atom. The third-order valence-corrected chi connectivity index (χ3v) is 3.11. The van der Waals surface area contributed by atoms with Gasteiger partial charge in [-0.25, -0.2) is 0 Å². The summed E-state index contributed by atoms with van der Waals surface area (Å²) in [4.78, 5) is 16.0. The highest BCUT2D eigenvalue weighted by Gasteiger charge is 2.06. The first-order valence-corrected chi connectivity index (χ1v) is 7.22. The van der Waals surface area contributed by atoms with Gasteiger partial charge in [0.2, 0.25) is 0 Å². The molecule has 1 amide bonds. The van der Waals surface area contributed by atoms with Crippen LogP contribution in [0.15, 0.2) is 42.6 Å². The fourth-order valence-corrected chi connectivity index (χ4v) is 2.02. The maximum absolute atomic E-state index is 11.9. The maximum Gasteiger partial charge on any atom is 0.269 e. The Kier molecular flexibility index (Phi) is 5.32. The smallest absolute Gasteiger partial charge is 0.269 e. The summed E-state index contributed by atoms with van der Waals surface area (Å²) < 4.78 is 0. The van der Waals surface area contributed by atoms with Gasteiger partial charge in [-0.05, 0) is 31.0 Å². The number of rotatable bonds is 6. The molecule has 4 nitrogen and oxygen atoms in total. The zero-order valence-corrected chi connectivity index (χ0v) is 12.5. The largest absolute Gasteiger partial charge is 0.381 e. The lowest BCUT2D eigenvalue weighted by atomic mass is 10.1. The van der Waals surface area contributed by atoms with E-state index in [1.165, 1.54) is 11.1 Å². The molecule has 21 heavy (non-hydrogen) atoms. The van der Waals surface area contributed by atoms with Crippen molar-refractivity contribution < 1.29 is 4.79 Å². The third kappa shape index (κ3) is 4.60. The lowest BCUT2D eigenvalue weighted by molar-refractivity contribution is 0.0949. The highest BCUT2D eigenvalue weighted by Crippen LogP contribution is 2.11. The molecule has 0 fully saturated rings. The van der Waals surface area contributed by atoms with Crippen LogP contribution in [0.25, 0.3) is 0 Å². The molecule has 0 saturated heterocycles. The number of nitrogens with one attached hydrogen (secondary N) is 2. The van der Waals surface area contributed by atoms with E-state index >= 15 is 0 Å². The second kappa shape index (κ2) is 7.43. The second-order valence-electron chi connectivity index (χ2n) is 5.03. The van der Waals surface area contributed by atoms with Crippen LogP contribution in [0.3, 0.4) is 0 Å². The summed E-state index contributed by atoms with van der Waals surface area (Å²) in [5.74, 6) is -0.129. The van der Waals surface area contributed by atoms with E-state index in [-0.39, 0.29) is 5.91 Å². The van der Waals surface area contributed by atoms with E-state index in [0.29, 0.717) is 12.2 Å². The van der Waals surface area contributed by atoms with Crippen molar-refractivity contribution in [2.24, 2.45) is 0 Å². The molecule has 0 aliphatic carbocycles. The van der Waals surface area contributed by atoms with E-state index in [0.717, 1.165) is 18.7 Å².